The molecule has 6 nitrogen and oxygen atoms in total. The molecule has 1 aromatic heterocycles. The van der Waals surface area contributed by atoms with Crippen LogP contribution in [-0.2, 0) is 0 Å². The van der Waals surface area contributed by atoms with Crippen LogP contribution in [0, 0.1) is 10.1 Å². The fraction of sp³-hybridized carbons (Fsp3) is 0.154. The molecule has 0 saturated carbocycles. The van der Waals surface area contributed by atoms with E-state index in [1.807, 2.05) is 0 Å². The normalized spacial score (nSPS) is 12.5. The van der Waals surface area contributed by atoms with E-state index in [2.05, 4.69) is 10.6 Å². The van der Waals surface area contributed by atoms with Crippen LogP contribution in [0.1, 0.15) is 9.67 Å². The topological polar surface area (TPSA) is 84.3 Å². The quantitative estimate of drug-likeness (QED) is 0.344. The largest absolute Gasteiger partial charge is 0.362 e. The molecule has 2 N–H and O–H groups in total. The summed E-state index contributed by atoms with van der Waals surface area (Å²) < 4.78 is -1.86. The summed E-state index contributed by atoms with van der Waals surface area (Å²) in [6, 6.07) is 9.01. The van der Waals surface area contributed by atoms with Gasteiger partial charge in [0.1, 0.15) is 6.17 Å². The van der Waals surface area contributed by atoms with Gasteiger partial charge in [0.05, 0.1) is 9.80 Å². The lowest BCUT2D eigenvalue weighted by Gasteiger charge is -2.27. The van der Waals surface area contributed by atoms with Crippen LogP contribution < -0.4 is 10.6 Å². The molecule has 2 aromatic rings. The molecule has 2 rings (SSSR count). The molecule has 0 saturated heterocycles. The highest BCUT2D eigenvalue weighted by Crippen LogP contribution is 2.32. The van der Waals surface area contributed by atoms with E-state index < -0.39 is 20.8 Å². The molecule has 1 atom stereocenters. The number of nitro benzene ring substituents is 1. The molecule has 10 heteroatoms. The van der Waals surface area contributed by atoms with Gasteiger partial charge in [-0.1, -0.05) is 46.9 Å². The number of hydrogen-bond acceptors (Lipinski definition) is 5. The predicted molar refractivity (Wildman–Crippen MR) is 92.6 cm³/mol. The second-order valence-electron chi connectivity index (χ2n) is 4.38. The molecule has 1 aromatic carbocycles. The number of anilines is 1. The molecule has 23 heavy (non-hydrogen) atoms. The number of nitrogens with zero attached hydrogens (tertiary/aromatic N) is 1. The number of rotatable bonds is 5. The van der Waals surface area contributed by atoms with Crippen LogP contribution in [0.3, 0.4) is 0 Å². The van der Waals surface area contributed by atoms with Crippen molar-refractivity contribution in [1.29, 1.82) is 0 Å². The first-order valence-corrected chi connectivity index (χ1v) is 8.21. The SMILES string of the molecule is O=C(NC(Nc1cccc([N+](=O)[O-])c1)C(Cl)(Cl)Cl)c1cccs1. The summed E-state index contributed by atoms with van der Waals surface area (Å²) in [5.74, 6) is -0.422. The zero-order chi connectivity index (χ0) is 17.0. The minimum absolute atomic E-state index is 0.123. The summed E-state index contributed by atoms with van der Waals surface area (Å²) in [5, 5.41) is 17.9. The number of amides is 1. The molecule has 0 bridgehead atoms. The van der Waals surface area contributed by atoms with Crippen LogP contribution in [0.4, 0.5) is 11.4 Å². The first-order chi connectivity index (χ1) is 10.8. The predicted octanol–water partition coefficient (Wildman–Crippen LogP) is 4.19. The van der Waals surface area contributed by atoms with Crippen molar-refractivity contribution < 1.29 is 9.72 Å². The van der Waals surface area contributed by atoms with Crippen LogP contribution in [-0.4, -0.2) is 20.8 Å². The van der Waals surface area contributed by atoms with Crippen molar-refractivity contribution in [2.24, 2.45) is 0 Å². The Labute approximate surface area is 150 Å². The molecule has 0 spiro atoms. The monoisotopic (exact) mass is 393 g/mol. The standard InChI is InChI=1S/C13H10Cl3N3O3S/c14-13(15,16)12(18-11(20)10-5-2-6-23-10)17-8-3-1-4-9(7-8)19(21)22/h1-7,12,17H,(H,18,20). The van der Waals surface area contributed by atoms with Gasteiger partial charge < -0.3 is 10.6 Å². The highest BCUT2D eigenvalue weighted by molar-refractivity contribution is 7.12. The number of nitro groups is 1. The van der Waals surface area contributed by atoms with E-state index >= 15 is 0 Å². The number of non-ortho nitro benzene ring substituents is 1. The molecule has 0 aliphatic carbocycles. The molecular weight excluding hydrogens is 385 g/mol. The maximum absolute atomic E-state index is 12.1. The van der Waals surface area contributed by atoms with Crippen molar-refractivity contribution in [2.75, 3.05) is 5.32 Å². The maximum Gasteiger partial charge on any atom is 0.271 e. The lowest BCUT2D eigenvalue weighted by atomic mass is 10.2. The van der Waals surface area contributed by atoms with Gasteiger partial charge in [0.25, 0.3) is 11.6 Å². The van der Waals surface area contributed by atoms with E-state index in [0.717, 1.165) is 0 Å². The molecule has 0 aliphatic heterocycles. The first kappa shape index (κ1) is 17.8. The molecule has 0 radical (unpaired) electrons. The van der Waals surface area contributed by atoms with Gasteiger partial charge in [-0.2, -0.15) is 0 Å². The van der Waals surface area contributed by atoms with Gasteiger partial charge in [-0.05, 0) is 17.5 Å². The third kappa shape index (κ3) is 4.97. The van der Waals surface area contributed by atoms with Gasteiger partial charge >= 0.3 is 0 Å². The Morgan fingerprint density at radius 3 is 2.57 bits per heavy atom. The van der Waals surface area contributed by atoms with Gasteiger partial charge in [-0.3, -0.25) is 14.9 Å². The smallest absolute Gasteiger partial charge is 0.271 e. The van der Waals surface area contributed by atoms with Gasteiger partial charge in [-0.25, -0.2) is 0 Å². The lowest BCUT2D eigenvalue weighted by molar-refractivity contribution is -0.384. The first-order valence-electron chi connectivity index (χ1n) is 6.19. The average Bonchev–Trinajstić information content (AvgIpc) is 3.00. The summed E-state index contributed by atoms with van der Waals surface area (Å²) in [6.45, 7) is 0. The number of alkyl halides is 3. The third-order valence-electron chi connectivity index (χ3n) is 2.72. The molecule has 1 heterocycles. The molecule has 122 valence electrons. The van der Waals surface area contributed by atoms with Crippen molar-refractivity contribution in [3.05, 3.63) is 56.8 Å². The Morgan fingerprint density at radius 1 is 1.26 bits per heavy atom. The molecular formula is C13H10Cl3N3O3S. The summed E-state index contributed by atoms with van der Waals surface area (Å²) in [5.41, 5.74) is 0.213. The van der Waals surface area contributed by atoms with E-state index in [1.54, 1.807) is 23.6 Å². The Balaban J connectivity index is 2.18. The summed E-state index contributed by atoms with van der Waals surface area (Å²) in [6.07, 6.45) is -1.08. The molecule has 1 unspecified atom stereocenters. The highest BCUT2D eigenvalue weighted by Gasteiger charge is 2.34. The minimum Gasteiger partial charge on any atom is -0.362 e. The van der Waals surface area contributed by atoms with Crippen LogP contribution in [0.2, 0.25) is 0 Å². The number of benzene rings is 1. The molecule has 0 fully saturated rings. The van der Waals surface area contributed by atoms with Crippen LogP contribution in [0.25, 0.3) is 0 Å². The Kier molecular flexibility index (Phi) is 5.69. The van der Waals surface area contributed by atoms with E-state index in [9.17, 15) is 14.9 Å². The number of nitrogens with one attached hydrogen (secondary N) is 2. The van der Waals surface area contributed by atoms with Crippen LogP contribution >= 0.6 is 46.1 Å². The number of thiophene rings is 1. The fourth-order valence-corrected chi connectivity index (χ4v) is 2.64. The van der Waals surface area contributed by atoms with E-state index in [-0.39, 0.29) is 5.69 Å². The van der Waals surface area contributed by atoms with Crippen molar-refractivity contribution >= 4 is 63.4 Å². The maximum atomic E-state index is 12.1. The Hall–Kier alpha value is -1.54. The zero-order valence-corrected chi connectivity index (χ0v) is 14.4. The van der Waals surface area contributed by atoms with Crippen molar-refractivity contribution in [3.8, 4) is 0 Å². The van der Waals surface area contributed by atoms with Crippen molar-refractivity contribution in [2.45, 2.75) is 9.96 Å². The van der Waals surface area contributed by atoms with Crippen LogP contribution in [0.15, 0.2) is 41.8 Å². The van der Waals surface area contributed by atoms with E-state index in [1.165, 1.54) is 29.5 Å². The van der Waals surface area contributed by atoms with Crippen molar-refractivity contribution in [3.63, 3.8) is 0 Å². The Morgan fingerprint density at radius 2 is 2.00 bits per heavy atom. The minimum atomic E-state index is -1.86. The van der Waals surface area contributed by atoms with Crippen LogP contribution in [0.5, 0.6) is 0 Å². The summed E-state index contributed by atoms with van der Waals surface area (Å²) in [4.78, 5) is 22.8. The van der Waals surface area contributed by atoms with E-state index in [0.29, 0.717) is 10.6 Å². The van der Waals surface area contributed by atoms with Gasteiger partial charge in [0, 0.05) is 17.8 Å². The second kappa shape index (κ2) is 7.35. The van der Waals surface area contributed by atoms with Gasteiger partial charge in [0.2, 0.25) is 3.79 Å². The van der Waals surface area contributed by atoms with Gasteiger partial charge in [-0.15, -0.1) is 11.3 Å². The van der Waals surface area contributed by atoms with Crippen molar-refractivity contribution in [1.82, 2.24) is 5.32 Å². The zero-order valence-electron chi connectivity index (χ0n) is 11.3. The van der Waals surface area contributed by atoms with Gasteiger partial charge in [0.15, 0.2) is 0 Å². The summed E-state index contributed by atoms with van der Waals surface area (Å²) in [7, 11) is 0. The number of carbonyl (C=O) groups is 1. The fourth-order valence-electron chi connectivity index (χ4n) is 1.69. The number of carbonyl (C=O) groups excluding carboxylic acids is 1. The van der Waals surface area contributed by atoms with E-state index in [4.69, 9.17) is 34.8 Å². The Bertz CT molecular complexity index is 704. The lowest BCUT2D eigenvalue weighted by Crippen LogP contribution is -2.48. The highest BCUT2D eigenvalue weighted by atomic mass is 35.6. The molecule has 0 aliphatic rings. The number of halogens is 3. The molecule has 1 amide bonds. The average molecular weight is 395 g/mol. The third-order valence-corrected chi connectivity index (χ3v) is 4.24. The summed E-state index contributed by atoms with van der Waals surface area (Å²) >= 11 is 18.9. The number of hydrogen-bond donors (Lipinski definition) is 2. The second-order valence-corrected chi connectivity index (χ2v) is 7.69.